The van der Waals surface area contributed by atoms with E-state index in [9.17, 15) is 56.7 Å². The van der Waals surface area contributed by atoms with Crippen LogP contribution in [0.2, 0.25) is 0 Å². The second kappa shape index (κ2) is 46.8. The highest BCUT2D eigenvalue weighted by molar-refractivity contribution is 7.22. The third kappa shape index (κ3) is 29.0. The number of nitrogens with zero attached hydrogens (tertiary/aromatic N) is 10. The van der Waals surface area contributed by atoms with Crippen LogP contribution >= 0.6 is 34.3 Å². The highest BCUT2D eigenvalue weighted by Gasteiger charge is 2.22. The molecule has 622 valence electrons. The Morgan fingerprint density at radius 3 is 1.12 bits per heavy atom. The number of amides is 5. The molecule has 0 fully saturated rings. The number of nitrogen functional groups attached to an aromatic ring is 1. The maximum Gasteiger partial charge on any atom is 0.315 e. The molecule has 13 aromatic rings. The molecule has 0 aliphatic rings. The summed E-state index contributed by atoms with van der Waals surface area (Å²) in [6.07, 6.45) is 8.52. The van der Waals surface area contributed by atoms with Crippen LogP contribution in [-0.2, 0) is 71.5 Å². The molecule has 0 aliphatic heterocycles. The van der Waals surface area contributed by atoms with Crippen LogP contribution < -0.4 is 45.4 Å². The quantitative estimate of drug-likeness (QED) is 0.0182. The van der Waals surface area contributed by atoms with Gasteiger partial charge in [0.15, 0.2) is 23.1 Å². The van der Waals surface area contributed by atoms with Crippen molar-refractivity contribution in [3.05, 3.63) is 261 Å². The Kier molecular flexibility index (Phi) is 36.1. The monoisotopic (exact) mass is 1690 g/mol. The molecule has 7 aromatic carbocycles. The number of nitrogens with two attached hydrogens (primary N) is 1. The van der Waals surface area contributed by atoms with Gasteiger partial charge in [-0.3, -0.25) is 57.9 Å². The smallest absolute Gasteiger partial charge is 0.315 e. The van der Waals surface area contributed by atoms with Crippen molar-refractivity contribution in [3.8, 4) is 44.4 Å². The number of nitrogens with one attached hydrogen (secondary N) is 2. The molecule has 0 atom stereocenters. The third-order valence-electron chi connectivity index (χ3n) is 16.5. The van der Waals surface area contributed by atoms with E-state index < -0.39 is 71.3 Å². The Balaban J connectivity index is 0.000000207. The molecule has 29 nitrogen and oxygen atoms in total. The van der Waals surface area contributed by atoms with E-state index >= 15 is 0 Å². The Labute approximate surface area is 701 Å². The molecule has 5 amide bonds. The number of carboxylic acid groups (broad SMARTS) is 2. The topological polar surface area (TPSA) is 373 Å². The molecule has 0 radical (unpaired) electrons. The van der Waals surface area contributed by atoms with Gasteiger partial charge in [-0.2, -0.15) is 0 Å². The van der Waals surface area contributed by atoms with Crippen molar-refractivity contribution in [2.45, 2.75) is 32.1 Å². The summed E-state index contributed by atoms with van der Waals surface area (Å²) in [4.78, 5) is 135. The zero-order chi connectivity index (χ0) is 87.4. The average molecular weight is 1690 g/mol. The minimum Gasteiger partial charge on any atom is -0.481 e. The molecule has 0 aliphatic carbocycles. The number of ether oxygens (including phenoxy) is 4. The van der Waals surface area contributed by atoms with E-state index in [0.717, 1.165) is 59.3 Å². The molecule has 0 bridgehead atoms. The number of carbonyl (C=O) groups excluding carboxylic acids is 8. The number of anilines is 7. The number of rotatable bonds is 22. The lowest BCUT2D eigenvalue weighted by atomic mass is 10.2. The number of pyridine rings is 2. The zero-order valence-electron chi connectivity index (χ0n) is 66.3. The molecule has 0 saturated carbocycles. The van der Waals surface area contributed by atoms with Crippen molar-refractivity contribution in [2.24, 2.45) is 14.1 Å². The maximum atomic E-state index is 14.9. The normalized spacial score (nSPS) is 10.1. The van der Waals surface area contributed by atoms with Gasteiger partial charge in [0.2, 0.25) is 34.8 Å². The molecule has 34 heteroatoms. The number of aryl methyl sites for hydroxylation is 2. The highest BCUT2D eigenvalue weighted by atomic mass is 35.5. The first-order chi connectivity index (χ1) is 57.5. The van der Waals surface area contributed by atoms with Crippen LogP contribution in [0.25, 0.3) is 41.8 Å². The van der Waals surface area contributed by atoms with Gasteiger partial charge >= 0.3 is 23.9 Å². The summed E-state index contributed by atoms with van der Waals surface area (Å²) in [6.45, 7) is 0. The molecule has 13 rings (SSSR count). The van der Waals surface area contributed by atoms with Crippen molar-refractivity contribution in [1.29, 1.82) is 0 Å². The van der Waals surface area contributed by atoms with Crippen LogP contribution in [0.1, 0.15) is 32.1 Å². The minimum atomic E-state index is -1.11. The van der Waals surface area contributed by atoms with Gasteiger partial charge in [-0.05, 0) is 109 Å². The fraction of sp³-hybridized carbons (Fsp3) is 0.163. The van der Waals surface area contributed by atoms with E-state index in [4.69, 9.17) is 37.0 Å². The number of fused-ring (bicyclic) bond motifs is 2. The number of hydrogen-bond donors (Lipinski definition) is 5. The summed E-state index contributed by atoms with van der Waals surface area (Å²) in [5, 5.41) is 21.8. The first-order valence-electron chi connectivity index (χ1n) is 35.9. The molecule has 0 unspecified atom stereocenters. The molecule has 6 N–H and O–H groups in total. The number of thiophene rings is 2. The van der Waals surface area contributed by atoms with Gasteiger partial charge in [0.25, 0.3) is 0 Å². The first-order valence-corrected chi connectivity index (χ1v) is 38.0. The van der Waals surface area contributed by atoms with Crippen LogP contribution in [0, 0.1) is 11.6 Å². The van der Waals surface area contributed by atoms with E-state index in [1.807, 2.05) is 122 Å². The number of esters is 2. The van der Waals surface area contributed by atoms with Crippen molar-refractivity contribution in [3.63, 3.8) is 0 Å². The van der Waals surface area contributed by atoms with Crippen molar-refractivity contribution in [1.82, 2.24) is 29.1 Å². The predicted molar refractivity (Wildman–Crippen MR) is 458 cm³/mol. The van der Waals surface area contributed by atoms with Gasteiger partial charge < -0.3 is 74.3 Å². The van der Waals surface area contributed by atoms with Gasteiger partial charge in [-0.1, -0.05) is 91.0 Å². The number of hydrogen-bond acceptors (Lipinski definition) is 22. The van der Waals surface area contributed by atoms with Crippen LogP contribution in [0.5, 0.6) is 23.0 Å². The van der Waals surface area contributed by atoms with Crippen molar-refractivity contribution < 1.29 is 85.9 Å². The molecule has 6 aromatic heterocycles. The lowest BCUT2D eigenvalue weighted by Gasteiger charge is -2.17. The summed E-state index contributed by atoms with van der Waals surface area (Å²) >= 11 is 7.77. The van der Waals surface area contributed by atoms with E-state index in [2.05, 4.69) is 40.0 Å². The molecule has 120 heavy (non-hydrogen) atoms. The number of para-hydroxylation sites is 5. The van der Waals surface area contributed by atoms with E-state index in [1.54, 1.807) is 156 Å². The average Bonchev–Trinajstić information content (AvgIpc) is 1.65. The number of halogens is 3. The Hall–Kier alpha value is -14.6. The second-order valence-corrected chi connectivity index (χ2v) is 27.6. The van der Waals surface area contributed by atoms with Crippen molar-refractivity contribution >= 4 is 153 Å². The Morgan fingerprint density at radius 1 is 0.442 bits per heavy atom. The molecule has 0 spiro atoms. The van der Waals surface area contributed by atoms with Crippen molar-refractivity contribution in [2.75, 3.05) is 85.4 Å². The van der Waals surface area contributed by atoms with Gasteiger partial charge in [0.05, 0.1) is 44.4 Å². The van der Waals surface area contributed by atoms with Crippen LogP contribution in [-0.4, -0.2) is 147 Å². The van der Waals surface area contributed by atoms with Crippen LogP contribution in [0.4, 0.5) is 48.6 Å². The summed E-state index contributed by atoms with van der Waals surface area (Å²) in [5.41, 5.74) is 11.6. The minimum absolute atomic E-state index is 0.00247. The first kappa shape index (κ1) is 92.6. The summed E-state index contributed by atoms with van der Waals surface area (Å²) in [7, 11) is 14.5. The van der Waals surface area contributed by atoms with Gasteiger partial charge in [0, 0.05) is 151 Å². The molecule has 0 saturated heterocycles. The third-order valence-corrected chi connectivity index (χ3v) is 18.9. The number of benzene rings is 7. The number of methoxy groups -OCH3 is 2. The number of carboxylic acids is 2. The van der Waals surface area contributed by atoms with E-state index in [1.165, 1.54) is 80.8 Å². The summed E-state index contributed by atoms with van der Waals surface area (Å²) in [5.74, 6) is -3.79. The Morgan fingerprint density at radius 2 is 0.800 bits per heavy atom. The maximum absolute atomic E-state index is 14.9. The van der Waals surface area contributed by atoms with Crippen LogP contribution in [0.3, 0.4) is 0 Å². The van der Waals surface area contributed by atoms with Crippen LogP contribution in [0.15, 0.2) is 250 Å². The number of aromatic nitrogens is 6. The Bertz CT molecular complexity index is 5550. The SMILES string of the molecule is CN(C(=O)CC(=O)Nc1ccc(Oc2ccnc3cc(-c4nccn4C)sc23)c(F)c1)c1ccccc1.CN(C(=O)CC(=O)O)c1ccccc1.CN(C(=O)CC(=O)O)c1ccccc1.CNc1ccccc1.COC(=O)CC(=O)Cl.COC(=O)CC(=O)N(C)c1ccccc1.Cn1ccnc1-c1cc2nccc(Oc3ccc(N)cc3F)c2s1. The van der Waals surface area contributed by atoms with E-state index in [-0.39, 0.29) is 48.3 Å². The number of carbonyl (C=O) groups is 10. The van der Waals surface area contributed by atoms with Gasteiger partial charge in [-0.15, -0.1) is 22.7 Å². The largest absolute Gasteiger partial charge is 0.481 e. The number of aliphatic carboxylic acids is 2. The lowest BCUT2D eigenvalue weighted by molar-refractivity contribution is -0.144. The zero-order valence-corrected chi connectivity index (χ0v) is 68.7. The molecule has 6 heterocycles. The predicted octanol–water partition coefficient (Wildman–Crippen LogP) is 15.3. The highest BCUT2D eigenvalue weighted by Crippen LogP contribution is 2.41. The fourth-order valence-corrected chi connectivity index (χ4v) is 12.5. The van der Waals surface area contributed by atoms with Gasteiger partial charge in [0.1, 0.15) is 55.3 Å². The standard InChI is InChI=1S/C27H22FN5O3S.C17H13FN4OS.C11H13NO3.2C10H11NO3.C7H9N.C4H5ClO3/c1-32-13-12-30-27(32)23-15-20-26(37-23)22(10-11-29-20)36-21-9-8-17(14-19(21)28)31-24(34)16-25(35)33(2)18-6-4-3-5-7-18;1-22-7-6-21-17(22)15-9-12-16(24-15)14(4-5-20-12)23-13-3-2-10(19)8-11(13)18;1-12(9-6-4-3-5-7-9)10(13)8-11(14)15-2;2*1-11(9(12)7-10(13)14)8-5-3-2-4-6-8;1-8-7-5-3-2-4-6-7;1-8-4(7)2-3(5)6/h3-15H,16H2,1-2H3,(H,31,34);2-9H,19H2,1H3;3-7H,8H2,1-2H3;2*2-6H,7H2,1H3,(H,13,14);2-6,8H,1H3;2H2,1H3. The molecular weight excluding hydrogens is 1610 g/mol. The lowest BCUT2D eigenvalue weighted by Crippen LogP contribution is -2.30. The fourth-order valence-electron chi connectivity index (χ4n) is 10.2. The van der Waals surface area contributed by atoms with Gasteiger partial charge in [-0.25, -0.2) is 18.7 Å². The summed E-state index contributed by atoms with van der Waals surface area (Å²) < 4.78 is 54.5. The second-order valence-electron chi connectivity index (χ2n) is 25.0. The molecular formula is C86H84ClF2N13O16S2. The summed E-state index contributed by atoms with van der Waals surface area (Å²) in [6, 6.07) is 61.8. The number of imidazole rings is 2. The van der Waals surface area contributed by atoms with E-state index in [0.29, 0.717) is 34.2 Å².